The standard InChI is InChI=1S/C14H9N5O2S/c15-6-8-5-10-11(16)12(22-14(10)18-13(8)17)7-1-3-9(4-2-7)19(20)21/h1-5H,16H2,(H2,17,18). The Morgan fingerprint density at radius 2 is 1.95 bits per heavy atom. The summed E-state index contributed by atoms with van der Waals surface area (Å²) < 4.78 is 0. The zero-order valence-electron chi connectivity index (χ0n) is 11.1. The molecule has 0 saturated heterocycles. The maximum absolute atomic E-state index is 10.7. The monoisotopic (exact) mass is 311 g/mol. The number of anilines is 2. The number of nitrogen functional groups attached to an aromatic ring is 2. The number of fused-ring (bicyclic) bond motifs is 1. The number of nitro groups is 1. The fourth-order valence-corrected chi connectivity index (χ4v) is 3.18. The van der Waals surface area contributed by atoms with Crippen molar-refractivity contribution >= 4 is 38.7 Å². The number of thiophene rings is 1. The van der Waals surface area contributed by atoms with Crippen molar-refractivity contribution in [2.75, 3.05) is 11.5 Å². The summed E-state index contributed by atoms with van der Waals surface area (Å²) in [7, 11) is 0. The zero-order valence-corrected chi connectivity index (χ0v) is 11.9. The summed E-state index contributed by atoms with van der Waals surface area (Å²) in [6, 6.07) is 9.68. The minimum absolute atomic E-state index is 0.0116. The van der Waals surface area contributed by atoms with Gasteiger partial charge in [-0.05, 0) is 23.8 Å². The molecule has 2 heterocycles. The van der Waals surface area contributed by atoms with Crippen LogP contribution in [0.25, 0.3) is 20.7 Å². The lowest BCUT2D eigenvalue weighted by atomic mass is 10.1. The number of nitrogens with two attached hydrogens (primary N) is 2. The first-order valence-electron chi connectivity index (χ1n) is 6.14. The second-order valence-electron chi connectivity index (χ2n) is 4.53. The van der Waals surface area contributed by atoms with Gasteiger partial charge in [0.15, 0.2) is 0 Å². The maximum atomic E-state index is 10.7. The van der Waals surface area contributed by atoms with Gasteiger partial charge in [0.05, 0.1) is 21.1 Å². The molecule has 0 aliphatic carbocycles. The van der Waals surface area contributed by atoms with Gasteiger partial charge >= 0.3 is 0 Å². The van der Waals surface area contributed by atoms with Crippen LogP contribution in [0.4, 0.5) is 17.2 Å². The van der Waals surface area contributed by atoms with E-state index in [-0.39, 0.29) is 17.1 Å². The van der Waals surface area contributed by atoms with Crippen LogP contribution in [0.2, 0.25) is 0 Å². The van der Waals surface area contributed by atoms with Gasteiger partial charge in [0.2, 0.25) is 0 Å². The predicted octanol–water partition coefficient (Wildman–Crippen LogP) is 2.91. The Hall–Kier alpha value is -3.18. The van der Waals surface area contributed by atoms with Crippen molar-refractivity contribution in [2.24, 2.45) is 0 Å². The first-order valence-corrected chi connectivity index (χ1v) is 6.96. The van der Waals surface area contributed by atoms with Crippen molar-refractivity contribution in [3.63, 3.8) is 0 Å². The highest BCUT2D eigenvalue weighted by atomic mass is 32.1. The lowest BCUT2D eigenvalue weighted by Crippen LogP contribution is -1.94. The number of hydrogen-bond acceptors (Lipinski definition) is 7. The van der Waals surface area contributed by atoms with E-state index in [0.717, 1.165) is 10.4 Å². The lowest BCUT2D eigenvalue weighted by molar-refractivity contribution is -0.384. The third-order valence-corrected chi connectivity index (χ3v) is 4.38. The van der Waals surface area contributed by atoms with Crippen molar-refractivity contribution in [1.82, 2.24) is 4.98 Å². The van der Waals surface area contributed by atoms with Crippen LogP contribution in [0, 0.1) is 21.4 Å². The SMILES string of the molecule is N#Cc1cc2c(N)c(-c3ccc([N+](=O)[O-])cc3)sc2nc1N. The van der Waals surface area contributed by atoms with E-state index >= 15 is 0 Å². The number of nitrogens with zero attached hydrogens (tertiary/aromatic N) is 3. The van der Waals surface area contributed by atoms with Gasteiger partial charge in [-0.25, -0.2) is 4.98 Å². The molecule has 0 amide bonds. The molecule has 3 aromatic rings. The zero-order chi connectivity index (χ0) is 15.9. The van der Waals surface area contributed by atoms with Gasteiger partial charge in [-0.3, -0.25) is 10.1 Å². The maximum Gasteiger partial charge on any atom is 0.269 e. The Bertz CT molecular complexity index is 941. The number of hydrogen-bond donors (Lipinski definition) is 2. The van der Waals surface area contributed by atoms with Gasteiger partial charge < -0.3 is 11.5 Å². The Labute approximate surface area is 128 Å². The van der Waals surface area contributed by atoms with Gasteiger partial charge in [0.25, 0.3) is 5.69 Å². The van der Waals surface area contributed by atoms with E-state index < -0.39 is 4.92 Å². The molecule has 0 unspecified atom stereocenters. The van der Waals surface area contributed by atoms with Crippen molar-refractivity contribution in [3.05, 3.63) is 46.0 Å². The third kappa shape index (κ3) is 2.10. The molecule has 1 aromatic carbocycles. The molecular weight excluding hydrogens is 302 g/mol. The molecule has 0 spiro atoms. The number of aromatic nitrogens is 1. The van der Waals surface area contributed by atoms with Gasteiger partial charge in [-0.15, -0.1) is 11.3 Å². The van der Waals surface area contributed by atoms with E-state index in [9.17, 15) is 10.1 Å². The largest absolute Gasteiger partial charge is 0.397 e. The summed E-state index contributed by atoms with van der Waals surface area (Å²) in [6.45, 7) is 0. The number of benzene rings is 1. The van der Waals surface area contributed by atoms with E-state index in [2.05, 4.69) is 4.98 Å². The fraction of sp³-hybridized carbons (Fsp3) is 0. The highest BCUT2D eigenvalue weighted by molar-refractivity contribution is 7.22. The van der Waals surface area contributed by atoms with Crippen molar-refractivity contribution < 1.29 is 4.92 Å². The molecule has 0 saturated carbocycles. The summed E-state index contributed by atoms with van der Waals surface area (Å²) >= 11 is 1.33. The van der Waals surface area contributed by atoms with Gasteiger partial charge in [-0.1, -0.05) is 0 Å². The molecule has 22 heavy (non-hydrogen) atoms. The third-order valence-electron chi connectivity index (χ3n) is 3.21. The number of rotatable bonds is 2. The van der Waals surface area contributed by atoms with E-state index in [4.69, 9.17) is 16.7 Å². The molecule has 0 aliphatic rings. The fourth-order valence-electron chi connectivity index (χ4n) is 2.09. The quantitative estimate of drug-likeness (QED) is 0.552. The molecular formula is C14H9N5O2S. The van der Waals surface area contributed by atoms with Crippen LogP contribution in [-0.4, -0.2) is 9.91 Å². The lowest BCUT2D eigenvalue weighted by Gasteiger charge is -1.99. The first kappa shape index (κ1) is 13.8. The molecule has 7 nitrogen and oxygen atoms in total. The summed E-state index contributed by atoms with van der Waals surface area (Å²) in [5.41, 5.74) is 13.4. The van der Waals surface area contributed by atoms with Crippen LogP contribution in [0.1, 0.15) is 5.56 Å². The molecule has 0 fully saturated rings. The van der Waals surface area contributed by atoms with Crippen LogP contribution in [-0.2, 0) is 0 Å². The Kier molecular flexibility index (Phi) is 3.12. The van der Waals surface area contributed by atoms with Crippen LogP contribution in [0.3, 0.4) is 0 Å². The van der Waals surface area contributed by atoms with Crippen LogP contribution < -0.4 is 11.5 Å². The van der Waals surface area contributed by atoms with Crippen molar-refractivity contribution in [2.45, 2.75) is 0 Å². The number of pyridine rings is 1. The number of non-ortho nitro benzene ring substituents is 1. The normalized spacial score (nSPS) is 10.5. The summed E-state index contributed by atoms with van der Waals surface area (Å²) in [5, 5.41) is 20.4. The van der Waals surface area contributed by atoms with Crippen LogP contribution in [0.5, 0.6) is 0 Å². The van der Waals surface area contributed by atoms with Crippen molar-refractivity contribution in [3.8, 4) is 16.5 Å². The second-order valence-corrected chi connectivity index (χ2v) is 5.53. The Balaban J connectivity index is 2.17. The average molecular weight is 311 g/mol. The molecule has 108 valence electrons. The summed E-state index contributed by atoms with van der Waals surface area (Å²) in [5.74, 6) is 0.159. The van der Waals surface area contributed by atoms with Crippen LogP contribution >= 0.6 is 11.3 Å². The molecule has 8 heteroatoms. The first-order chi connectivity index (χ1) is 10.5. The highest BCUT2D eigenvalue weighted by Gasteiger charge is 2.15. The number of nitriles is 1. The Morgan fingerprint density at radius 1 is 1.27 bits per heavy atom. The molecule has 0 aliphatic heterocycles. The van der Waals surface area contributed by atoms with E-state index in [1.54, 1.807) is 18.2 Å². The van der Waals surface area contributed by atoms with Gasteiger partial charge in [0.1, 0.15) is 16.7 Å². The van der Waals surface area contributed by atoms with Gasteiger partial charge in [0, 0.05) is 17.5 Å². The summed E-state index contributed by atoms with van der Waals surface area (Å²) in [6.07, 6.45) is 0. The highest BCUT2D eigenvalue weighted by Crippen LogP contribution is 2.41. The van der Waals surface area contributed by atoms with Gasteiger partial charge in [-0.2, -0.15) is 5.26 Å². The smallest absolute Gasteiger partial charge is 0.269 e. The molecule has 4 N–H and O–H groups in total. The predicted molar refractivity (Wildman–Crippen MR) is 85.3 cm³/mol. The molecule has 2 aromatic heterocycles. The molecule has 3 rings (SSSR count). The van der Waals surface area contributed by atoms with Crippen molar-refractivity contribution in [1.29, 1.82) is 5.26 Å². The Morgan fingerprint density at radius 3 is 2.55 bits per heavy atom. The van der Waals surface area contributed by atoms with E-state index in [0.29, 0.717) is 15.9 Å². The second kappa shape index (κ2) is 4.98. The molecule has 0 atom stereocenters. The topological polar surface area (TPSA) is 132 Å². The van der Waals surface area contributed by atoms with E-state index in [1.807, 2.05) is 6.07 Å². The average Bonchev–Trinajstić information content (AvgIpc) is 2.82. The minimum atomic E-state index is -0.459. The molecule has 0 radical (unpaired) electrons. The van der Waals surface area contributed by atoms with E-state index in [1.165, 1.54) is 23.5 Å². The minimum Gasteiger partial charge on any atom is -0.397 e. The summed E-state index contributed by atoms with van der Waals surface area (Å²) in [4.78, 5) is 15.8. The molecule has 0 bridgehead atoms. The number of nitro benzene ring substituents is 1. The van der Waals surface area contributed by atoms with Crippen LogP contribution in [0.15, 0.2) is 30.3 Å².